The molecule has 0 spiro atoms. The zero-order valence-electron chi connectivity index (χ0n) is 6.29. The summed E-state index contributed by atoms with van der Waals surface area (Å²) in [7, 11) is 0. The van der Waals surface area contributed by atoms with Gasteiger partial charge in [-0.25, -0.2) is 0 Å². The van der Waals surface area contributed by atoms with E-state index in [0.29, 0.717) is 6.42 Å². The van der Waals surface area contributed by atoms with Crippen molar-refractivity contribution >= 4 is 11.6 Å². The Bertz CT molecular complexity index is 233. The Labute approximate surface area is 65.5 Å². The summed E-state index contributed by atoms with van der Waals surface area (Å²) in [6.07, 6.45) is 4.67. The van der Waals surface area contributed by atoms with Crippen LogP contribution in [-0.2, 0) is 4.79 Å². The van der Waals surface area contributed by atoms with E-state index in [4.69, 9.17) is 0 Å². The molecule has 1 radical (unpaired) electrons. The van der Waals surface area contributed by atoms with Crippen molar-refractivity contribution in [2.24, 2.45) is 0 Å². The van der Waals surface area contributed by atoms with Gasteiger partial charge in [0.15, 0.2) is 0 Å². The van der Waals surface area contributed by atoms with Crippen LogP contribution in [0.25, 0.3) is 0 Å². The Morgan fingerprint density at radius 2 is 2.64 bits per heavy atom. The van der Waals surface area contributed by atoms with Crippen molar-refractivity contribution in [2.45, 2.75) is 13.3 Å². The van der Waals surface area contributed by atoms with Crippen LogP contribution in [0.5, 0.6) is 0 Å². The standard InChI is InChI=1S/C8H9N2O/c1-2-8(11)10-7-4-3-5-9-6-7/h3-4,6H,2H2,1H3,(H,10,11). The lowest BCUT2D eigenvalue weighted by atomic mass is 10.4. The first kappa shape index (κ1) is 7.72. The fourth-order valence-corrected chi connectivity index (χ4v) is 0.643. The highest BCUT2D eigenvalue weighted by Gasteiger charge is 1.96. The minimum atomic E-state index is -0.00185. The fraction of sp³-hybridized carbons (Fsp3) is 0.250. The SMILES string of the molecule is CCC(=O)Nc1cc[c]nc1. The first-order chi connectivity index (χ1) is 5.33. The topological polar surface area (TPSA) is 42.0 Å². The molecule has 1 aromatic rings. The first-order valence-electron chi connectivity index (χ1n) is 3.45. The lowest BCUT2D eigenvalue weighted by Crippen LogP contribution is -2.09. The number of hydrogen-bond acceptors (Lipinski definition) is 2. The van der Waals surface area contributed by atoms with Gasteiger partial charge in [0.25, 0.3) is 0 Å². The van der Waals surface area contributed by atoms with Crippen molar-refractivity contribution in [3.05, 3.63) is 24.5 Å². The van der Waals surface area contributed by atoms with Crippen LogP contribution in [0.2, 0.25) is 0 Å². The molecule has 0 fully saturated rings. The van der Waals surface area contributed by atoms with Gasteiger partial charge >= 0.3 is 0 Å². The molecule has 0 aliphatic heterocycles. The third-order valence-electron chi connectivity index (χ3n) is 1.22. The lowest BCUT2D eigenvalue weighted by molar-refractivity contribution is -0.115. The number of nitrogens with zero attached hydrogens (tertiary/aromatic N) is 1. The third-order valence-corrected chi connectivity index (χ3v) is 1.22. The minimum Gasteiger partial charge on any atom is -0.325 e. The van der Waals surface area contributed by atoms with Gasteiger partial charge in [-0.1, -0.05) is 6.92 Å². The number of carbonyl (C=O) groups excluding carboxylic acids is 1. The molecule has 1 heterocycles. The molecule has 0 atom stereocenters. The summed E-state index contributed by atoms with van der Waals surface area (Å²) in [6.45, 7) is 1.80. The highest BCUT2D eigenvalue weighted by Crippen LogP contribution is 2.01. The second-order valence-corrected chi connectivity index (χ2v) is 2.08. The van der Waals surface area contributed by atoms with E-state index in [2.05, 4.69) is 16.5 Å². The van der Waals surface area contributed by atoms with E-state index < -0.39 is 0 Å². The van der Waals surface area contributed by atoms with Crippen LogP contribution in [0.15, 0.2) is 18.3 Å². The van der Waals surface area contributed by atoms with Gasteiger partial charge in [-0.05, 0) is 12.1 Å². The van der Waals surface area contributed by atoms with E-state index >= 15 is 0 Å². The summed E-state index contributed by atoms with van der Waals surface area (Å²) in [5.74, 6) is -0.00185. The predicted octanol–water partition coefficient (Wildman–Crippen LogP) is 1.23. The molecule has 0 aliphatic carbocycles. The smallest absolute Gasteiger partial charge is 0.224 e. The molecule has 1 amide bonds. The van der Waals surface area contributed by atoms with Crippen LogP contribution in [0.1, 0.15) is 13.3 Å². The molecule has 3 nitrogen and oxygen atoms in total. The Balaban J connectivity index is 2.58. The molecule has 0 aliphatic rings. The maximum absolute atomic E-state index is 10.8. The number of amides is 1. The largest absolute Gasteiger partial charge is 0.325 e. The van der Waals surface area contributed by atoms with E-state index in [0.717, 1.165) is 5.69 Å². The van der Waals surface area contributed by atoms with E-state index in [1.54, 1.807) is 25.3 Å². The van der Waals surface area contributed by atoms with Crippen LogP contribution in [0, 0.1) is 6.20 Å². The molecule has 0 aromatic carbocycles. The minimum absolute atomic E-state index is 0.00185. The molecule has 57 valence electrons. The van der Waals surface area contributed by atoms with Gasteiger partial charge in [-0.2, -0.15) is 0 Å². The Kier molecular flexibility index (Phi) is 2.60. The molecule has 3 heteroatoms. The number of aromatic nitrogens is 1. The van der Waals surface area contributed by atoms with Crippen LogP contribution in [0.3, 0.4) is 0 Å². The molecular formula is C8H9N2O. The van der Waals surface area contributed by atoms with Crippen LogP contribution in [0.4, 0.5) is 5.69 Å². The molecular weight excluding hydrogens is 140 g/mol. The molecule has 1 rings (SSSR count). The quantitative estimate of drug-likeness (QED) is 0.687. The number of hydrogen-bond donors (Lipinski definition) is 1. The molecule has 1 N–H and O–H groups in total. The number of carbonyl (C=O) groups is 1. The normalized spacial score (nSPS) is 9.18. The summed E-state index contributed by atoms with van der Waals surface area (Å²) < 4.78 is 0. The Hall–Kier alpha value is -1.38. The van der Waals surface area contributed by atoms with Gasteiger partial charge < -0.3 is 5.32 Å². The summed E-state index contributed by atoms with van der Waals surface area (Å²) in [5.41, 5.74) is 0.718. The van der Waals surface area contributed by atoms with E-state index in [-0.39, 0.29) is 5.91 Å². The number of nitrogens with one attached hydrogen (secondary N) is 1. The summed E-state index contributed by atoms with van der Waals surface area (Å²) >= 11 is 0. The zero-order valence-corrected chi connectivity index (χ0v) is 6.29. The zero-order chi connectivity index (χ0) is 8.10. The van der Waals surface area contributed by atoms with Crippen molar-refractivity contribution < 1.29 is 4.79 Å². The predicted molar refractivity (Wildman–Crippen MR) is 42.0 cm³/mol. The molecule has 0 bridgehead atoms. The van der Waals surface area contributed by atoms with Crippen molar-refractivity contribution in [3.63, 3.8) is 0 Å². The second-order valence-electron chi connectivity index (χ2n) is 2.08. The maximum atomic E-state index is 10.8. The molecule has 0 saturated heterocycles. The Morgan fingerprint density at radius 1 is 1.82 bits per heavy atom. The molecule has 0 unspecified atom stereocenters. The van der Waals surface area contributed by atoms with Crippen molar-refractivity contribution in [2.75, 3.05) is 5.32 Å². The summed E-state index contributed by atoms with van der Waals surface area (Å²) in [4.78, 5) is 14.6. The first-order valence-corrected chi connectivity index (χ1v) is 3.45. The van der Waals surface area contributed by atoms with Crippen LogP contribution >= 0.6 is 0 Å². The third kappa shape index (κ3) is 2.37. The Morgan fingerprint density at radius 3 is 3.18 bits per heavy atom. The average Bonchev–Trinajstić information content (AvgIpc) is 2.06. The summed E-state index contributed by atoms with van der Waals surface area (Å²) in [6, 6.07) is 3.41. The van der Waals surface area contributed by atoms with Crippen molar-refractivity contribution in [1.82, 2.24) is 4.98 Å². The maximum Gasteiger partial charge on any atom is 0.224 e. The average molecular weight is 149 g/mol. The van der Waals surface area contributed by atoms with Gasteiger partial charge in [-0.15, -0.1) is 0 Å². The van der Waals surface area contributed by atoms with Gasteiger partial charge in [0, 0.05) is 6.42 Å². The van der Waals surface area contributed by atoms with Gasteiger partial charge in [0.05, 0.1) is 18.1 Å². The van der Waals surface area contributed by atoms with Crippen molar-refractivity contribution in [3.8, 4) is 0 Å². The number of anilines is 1. The molecule has 11 heavy (non-hydrogen) atoms. The van der Waals surface area contributed by atoms with Crippen LogP contribution < -0.4 is 5.32 Å². The highest BCUT2D eigenvalue weighted by atomic mass is 16.1. The highest BCUT2D eigenvalue weighted by molar-refractivity contribution is 5.90. The van der Waals surface area contributed by atoms with Crippen molar-refractivity contribution in [1.29, 1.82) is 0 Å². The van der Waals surface area contributed by atoms with Crippen LogP contribution in [-0.4, -0.2) is 10.9 Å². The monoisotopic (exact) mass is 149 g/mol. The van der Waals surface area contributed by atoms with E-state index in [1.807, 2.05) is 0 Å². The van der Waals surface area contributed by atoms with Gasteiger partial charge in [0.1, 0.15) is 0 Å². The summed E-state index contributed by atoms with van der Waals surface area (Å²) in [5, 5.41) is 2.67. The lowest BCUT2D eigenvalue weighted by Gasteiger charge is -1.99. The van der Waals surface area contributed by atoms with Gasteiger partial charge in [-0.3, -0.25) is 9.78 Å². The van der Waals surface area contributed by atoms with E-state index in [1.165, 1.54) is 0 Å². The number of rotatable bonds is 2. The van der Waals surface area contributed by atoms with E-state index in [9.17, 15) is 4.79 Å². The van der Waals surface area contributed by atoms with Gasteiger partial charge in [0.2, 0.25) is 5.91 Å². The molecule has 0 saturated carbocycles. The second kappa shape index (κ2) is 3.71. The number of pyridine rings is 1. The molecule has 1 aromatic heterocycles. The fourth-order valence-electron chi connectivity index (χ4n) is 0.643.